The van der Waals surface area contributed by atoms with Crippen molar-refractivity contribution in [1.82, 2.24) is 4.90 Å². The highest BCUT2D eigenvalue weighted by Gasteiger charge is 2.14. The fraction of sp³-hybridized carbons (Fsp3) is 0.300. The standard InChI is InChI=1S/C20H23N5O/c1-24-10-12-25(13-11-24)18-8-6-17(7-9-18)23-20(26)15-22-19-5-3-2-4-16(19)14-21/h2-9,22H,10-13,15H2,1H3,(H,23,26). The van der Waals surface area contributed by atoms with Crippen LogP contribution in [-0.4, -0.2) is 50.6 Å². The highest BCUT2D eigenvalue weighted by atomic mass is 16.1. The van der Waals surface area contributed by atoms with Crippen LogP contribution in [0.15, 0.2) is 48.5 Å². The minimum atomic E-state index is -0.148. The third-order valence-electron chi connectivity index (χ3n) is 4.51. The van der Waals surface area contributed by atoms with E-state index in [2.05, 4.69) is 33.6 Å². The summed E-state index contributed by atoms with van der Waals surface area (Å²) in [6.45, 7) is 4.27. The molecular formula is C20H23N5O. The van der Waals surface area contributed by atoms with Gasteiger partial charge in [-0.05, 0) is 43.4 Å². The molecule has 1 heterocycles. The third kappa shape index (κ3) is 4.52. The molecule has 134 valence electrons. The molecule has 2 N–H and O–H groups in total. The first-order valence-electron chi connectivity index (χ1n) is 8.72. The van der Waals surface area contributed by atoms with Gasteiger partial charge in [-0.25, -0.2) is 0 Å². The van der Waals surface area contributed by atoms with Gasteiger partial charge in [-0.15, -0.1) is 0 Å². The Hall–Kier alpha value is -3.04. The molecule has 2 aromatic carbocycles. The van der Waals surface area contributed by atoms with Crippen molar-refractivity contribution in [3.8, 4) is 6.07 Å². The molecule has 0 spiro atoms. The summed E-state index contributed by atoms with van der Waals surface area (Å²) in [6, 6.07) is 17.2. The Morgan fingerprint density at radius 1 is 1.08 bits per heavy atom. The molecule has 1 aliphatic rings. The largest absolute Gasteiger partial charge is 0.375 e. The average molecular weight is 349 g/mol. The Balaban J connectivity index is 1.52. The maximum atomic E-state index is 12.1. The number of nitrogens with one attached hydrogen (secondary N) is 2. The monoisotopic (exact) mass is 349 g/mol. The van der Waals surface area contributed by atoms with Crippen molar-refractivity contribution in [3.05, 3.63) is 54.1 Å². The summed E-state index contributed by atoms with van der Waals surface area (Å²) in [5.41, 5.74) is 3.13. The average Bonchev–Trinajstić information content (AvgIpc) is 2.68. The van der Waals surface area contributed by atoms with Gasteiger partial charge in [0.25, 0.3) is 0 Å². The molecule has 1 amide bonds. The van der Waals surface area contributed by atoms with E-state index in [-0.39, 0.29) is 12.5 Å². The molecule has 1 fully saturated rings. The second-order valence-electron chi connectivity index (χ2n) is 6.40. The van der Waals surface area contributed by atoms with Crippen molar-refractivity contribution in [2.24, 2.45) is 0 Å². The minimum Gasteiger partial charge on any atom is -0.375 e. The van der Waals surface area contributed by atoms with Crippen molar-refractivity contribution in [3.63, 3.8) is 0 Å². The van der Waals surface area contributed by atoms with Crippen LogP contribution < -0.4 is 15.5 Å². The second kappa shape index (κ2) is 8.37. The van der Waals surface area contributed by atoms with Crippen LogP contribution in [0.1, 0.15) is 5.56 Å². The highest BCUT2D eigenvalue weighted by Crippen LogP contribution is 2.19. The van der Waals surface area contributed by atoms with Gasteiger partial charge in [0.15, 0.2) is 0 Å². The summed E-state index contributed by atoms with van der Waals surface area (Å²) in [6.07, 6.45) is 0. The Labute approximate surface area is 154 Å². The van der Waals surface area contributed by atoms with E-state index in [9.17, 15) is 4.79 Å². The van der Waals surface area contributed by atoms with Crippen molar-refractivity contribution in [2.45, 2.75) is 0 Å². The molecule has 6 nitrogen and oxygen atoms in total. The summed E-state index contributed by atoms with van der Waals surface area (Å²) in [5.74, 6) is -0.148. The van der Waals surface area contributed by atoms with E-state index < -0.39 is 0 Å². The number of nitriles is 1. The van der Waals surface area contributed by atoms with E-state index in [1.165, 1.54) is 5.69 Å². The Morgan fingerprint density at radius 3 is 2.46 bits per heavy atom. The molecule has 0 aromatic heterocycles. The summed E-state index contributed by atoms with van der Waals surface area (Å²) >= 11 is 0. The maximum Gasteiger partial charge on any atom is 0.243 e. The van der Waals surface area contributed by atoms with Crippen LogP contribution in [0.25, 0.3) is 0 Å². The van der Waals surface area contributed by atoms with E-state index in [4.69, 9.17) is 5.26 Å². The van der Waals surface area contributed by atoms with Gasteiger partial charge >= 0.3 is 0 Å². The molecule has 0 saturated carbocycles. The number of amides is 1. The molecule has 0 bridgehead atoms. The van der Waals surface area contributed by atoms with E-state index in [1.54, 1.807) is 18.2 Å². The van der Waals surface area contributed by atoms with Crippen LogP contribution in [0.4, 0.5) is 17.1 Å². The molecule has 2 aromatic rings. The molecule has 0 unspecified atom stereocenters. The van der Waals surface area contributed by atoms with Gasteiger partial charge in [0, 0.05) is 37.6 Å². The predicted molar refractivity (Wildman–Crippen MR) is 104 cm³/mol. The van der Waals surface area contributed by atoms with Crippen molar-refractivity contribution >= 4 is 23.0 Å². The summed E-state index contributed by atoms with van der Waals surface area (Å²) in [7, 11) is 2.14. The second-order valence-corrected chi connectivity index (χ2v) is 6.40. The van der Waals surface area contributed by atoms with Gasteiger partial charge in [-0.3, -0.25) is 4.79 Å². The zero-order valence-corrected chi connectivity index (χ0v) is 14.9. The summed E-state index contributed by atoms with van der Waals surface area (Å²) < 4.78 is 0. The van der Waals surface area contributed by atoms with Gasteiger partial charge in [0.05, 0.1) is 17.8 Å². The molecule has 26 heavy (non-hydrogen) atoms. The number of carbonyl (C=O) groups is 1. The number of piperazine rings is 1. The van der Waals surface area contributed by atoms with Gasteiger partial charge in [0.1, 0.15) is 6.07 Å². The van der Waals surface area contributed by atoms with Gasteiger partial charge in [-0.2, -0.15) is 5.26 Å². The van der Waals surface area contributed by atoms with E-state index >= 15 is 0 Å². The maximum absolute atomic E-state index is 12.1. The van der Waals surface area contributed by atoms with E-state index in [0.29, 0.717) is 11.3 Å². The van der Waals surface area contributed by atoms with Crippen molar-refractivity contribution in [1.29, 1.82) is 5.26 Å². The molecular weight excluding hydrogens is 326 g/mol. The normalized spacial score (nSPS) is 14.5. The van der Waals surface area contributed by atoms with E-state index in [0.717, 1.165) is 31.9 Å². The first-order valence-corrected chi connectivity index (χ1v) is 8.72. The lowest BCUT2D eigenvalue weighted by Crippen LogP contribution is -2.44. The zero-order valence-electron chi connectivity index (χ0n) is 14.9. The van der Waals surface area contributed by atoms with Crippen molar-refractivity contribution < 1.29 is 4.79 Å². The van der Waals surface area contributed by atoms with Crippen LogP contribution >= 0.6 is 0 Å². The van der Waals surface area contributed by atoms with Gasteiger partial charge in [0.2, 0.25) is 5.91 Å². The number of hydrogen-bond donors (Lipinski definition) is 2. The van der Waals surface area contributed by atoms with Crippen LogP contribution in [0.3, 0.4) is 0 Å². The number of nitrogens with zero attached hydrogens (tertiary/aromatic N) is 3. The summed E-state index contributed by atoms with van der Waals surface area (Å²) in [5, 5.41) is 14.9. The third-order valence-corrected chi connectivity index (χ3v) is 4.51. The highest BCUT2D eigenvalue weighted by molar-refractivity contribution is 5.94. The number of rotatable bonds is 5. The lowest BCUT2D eigenvalue weighted by Gasteiger charge is -2.34. The Morgan fingerprint density at radius 2 is 1.77 bits per heavy atom. The van der Waals surface area contributed by atoms with Crippen LogP contribution in [0.5, 0.6) is 0 Å². The molecule has 3 rings (SSSR count). The lowest BCUT2D eigenvalue weighted by atomic mass is 10.2. The smallest absolute Gasteiger partial charge is 0.243 e. The van der Waals surface area contributed by atoms with Crippen LogP contribution in [0, 0.1) is 11.3 Å². The summed E-state index contributed by atoms with van der Waals surface area (Å²) in [4.78, 5) is 16.8. The number of para-hydroxylation sites is 1. The predicted octanol–water partition coefficient (Wildman–Crippen LogP) is 2.36. The SMILES string of the molecule is CN1CCN(c2ccc(NC(=O)CNc3ccccc3C#N)cc2)CC1. The quantitative estimate of drug-likeness (QED) is 0.867. The molecule has 0 atom stereocenters. The lowest BCUT2D eigenvalue weighted by molar-refractivity contribution is -0.114. The van der Waals surface area contributed by atoms with Crippen molar-refractivity contribution in [2.75, 3.05) is 55.3 Å². The molecule has 1 aliphatic heterocycles. The first-order chi connectivity index (χ1) is 12.7. The van der Waals surface area contributed by atoms with Crippen LogP contribution in [0.2, 0.25) is 0 Å². The zero-order chi connectivity index (χ0) is 18.4. The molecule has 1 saturated heterocycles. The van der Waals surface area contributed by atoms with Crippen LogP contribution in [-0.2, 0) is 4.79 Å². The topological polar surface area (TPSA) is 71.4 Å². The fourth-order valence-corrected chi connectivity index (χ4v) is 2.94. The number of carbonyl (C=O) groups excluding carboxylic acids is 1. The number of benzene rings is 2. The minimum absolute atomic E-state index is 0.110. The molecule has 6 heteroatoms. The Bertz CT molecular complexity index is 789. The van der Waals surface area contributed by atoms with Gasteiger partial charge < -0.3 is 20.4 Å². The number of anilines is 3. The first kappa shape index (κ1) is 17.8. The van der Waals surface area contributed by atoms with E-state index in [1.807, 2.05) is 30.3 Å². The molecule has 0 radical (unpaired) electrons. The number of hydrogen-bond acceptors (Lipinski definition) is 5. The fourth-order valence-electron chi connectivity index (χ4n) is 2.94. The Kier molecular flexibility index (Phi) is 5.72. The van der Waals surface area contributed by atoms with Gasteiger partial charge in [-0.1, -0.05) is 12.1 Å². The molecule has 0 aliphatic carbocycles. The number of likely N-dealkylation sites (N-methyl/N-ethyl adjacent to an activating group) is 1.